The molecule has 1 aliphatic rings. The molecular weight excluding hydrogens is 352 g/mol. The average molecular weight is 369 g/mol. The third kappa shape index (κ3) is 3.15. The normalized spacial score (nSPS) is 14.8. The van der Waals surface area contributed by atoms with Crippen LogP contribution in [-0.4, -0.2) is 22.4 Å². The van der Waals surface area contributed by atoms with Crippen molar-refractivity contribution in [2.24, 2.45) is 0 Å². The molecule has 1 unspecified atom stereocenters. The highest BCUT2D eigenvalue weighted by Gasteiger charge is 2.26. The maximum absolute atomic E-state index is 12.9. The molecule has 132 valence electrons. The molecule has 3 aromatic rings. The maximum Gasteiger partial charge on any atom is 0.294 e. The number of hydrogen-bond donors (Lipinski definition) is 1. The number of nitrogens with one attached hydrogen (secondary N) is 1. The minimum Gasteiger partial charge on any atom is -0.432 e. The minimum absolute atomic E-state index is 0.0322. The van der Waals surface area contributed by atoms with Gasteiger partial charge in [0.05, 0.1) is 24.1 Å². The van der Waals surface area contributed by atoms with Crippen molar-refractivity contribution < 1.29 is 9.21 Å². The first-order valence-electron chi connectivity index (χ1n) is 8.33. The molecular formula is C19H17ClN4O2. The molecule has 2 aromatic heterocycles. The topological polar surface area (TPSA) is 71.3 Å². The van der Waals surface area contributed by atoms with E-state index in [9.17, 15) is 4.79 Å². The van der Waals surface area contributed by atoms with E-state index in [4.69, 9.17) is 16.0 Å². The lowest BCUT2D eigenvalue weighted by molar-refractivity contribution is 0.0980. The zero-order valence-electron chi connectivity index (χ0n) is 14.1. The van der Waals surface area contributed by atoms with E-state index in [0.717, 1.165) is 23.2 Å². The molecule has 0 aliphatic carbocycles. The second kappa shape index (κ2) is 6.80. The Morgan fingerprint density at radius 3 is 3.00 bits per heavy atom. The summed E-state index contributed by atoms with van der Waals surface area (Å²) in [4.78, 5) is 23.0. The summed E-state index contributed by atoms with van der Waals surface area (Å²) >= 11 is 6.04. The standard InChI is InChI=1S/C19H17ClN4O2/c1-12(23-19-22-5-7-26-19)14-9-16(11-21-10-14)24-6-4-13-8-15(20)2-3-17(13)18(24)25/h2-3,5,7-12H,4,6H2,1H3,(H,22,23). The molecule has 1 amide bonds. The van der Waals surface area contributed by atoms with E-state index in [1.165, 1.54) is 6.26 Å². The van der Waals surface area contributed by atoms with E-state index >= 15 is 0 Å². The lowest BCUT2D eigenvalue weighted by atomic mass is 9.98. The number of carbonyl (C=O) groups is 1. The Bertz CT molecular complexity index is 942. The van der Waals surface area contributed by atoms with Gasteiger partial charge in [0.15, 0.2) is 0 Å². The molecule has 0 fully saturated rings. The molecule has 0 saturated carbocycles. The third-order valence-electron chi connectivity index (χ3n) is 4.48. The van der Waals surface area contributed by atoms with Gasteiger partial charge >= 0.3 is 0 Å². The fraction of sp³-hybridized carbons (Fsp3) is 0.211. The number of benzene rings is 1. The first kappa shape index (κ1) is 16.6. The highest BCUT2D eigenvalue weighted by Crippen LogP contribution is 2.28. The minimum atomic E-state index is -0.0629. The Labute approximate surface area is 155 Å². The van der Waals surface area contributed by atoms with Gasteiger partial charge in [-0.05, 0) is 48.7 Å². The van der Waals surface area contributed by atoms with Gasteiger partial charge in [-0.25, -0.2) is 4.98 Å². The summed E-state index contributed by atoms with van der Waals surface area (Å²) < 4.78 is 5.22. The molecule has 0 saturated heterocycles. The van der Waals surface area contributed by atoms with Crippen LogP contribution in [0.3, 0.4) is 0 Å². The highest BCUT2D eigenvalue weighted by atomic mass is 35.5. The molecule has 1 aliphatic heterocycles. The summed E-state index contributed by atoms with van der Waals surface area (Å²) in [5.41, 5.74) is 3.39. The van der Waals surface area contributed by atoms with Crippen LogP contribution in [0.25, 0.3) is 0 Å². The molecule has 26 heavy (non-hydrogen) atoms. The van der Waals surface area contributed by atoms with Crippen LogP contribution in [0, 0.1) is 0 Å². The molecule has 4 rings (SSSR count). The van der Waals surface area contributed by atoms with Gasteiger partial charge in [-0.1, -0.05) is 11.6 Å². The van der Waals surface area contributed by atoms with Crippen molar-refractivity contribution in [1.82, 2.24) is 9.97 Å². The van der Waals surface area contributed by atoms with E-state index in [1.807, 2.05) is 19.1 Å². The zero-order chi connectivity index (χ0) is 18.1. The maximum atomic E-state index is 12.9. The quantitative estimate of drug-likeness (QED) is 0.750. The predicted molar refractivity (Wildman–Crippen MR) is 99.6 cm³/mol. The fourth-order valence-electron chi connectivity index (χ4n) is 3.10. The summed E-state index contributed by atoms with van der Waals surface area (Å²) in [6.07, 6.45) is 7.34. The number of aromatic nitrogens is 2. The van der Waals surface area contributed by atoms with Gasteiger partial charge in [-0.15, -0.1) is 0 Å². The third-order valence-corrected chi connectivity index (χ3v) is 4.71. The Balaban J connectivity index is 1.58. The molecule has 6 nitrogen and oxygen atoms in total. The number of oxazole rings is 1. The Morgan fingerprint density at radius 1 is 1.31 bits per heavy atom. The van der Waals surface area contributed by atoms with Gasteiger partial charge in [-0.3, -0.25) is 9.78 Å². The Kier molecular flexibility index (Phi) is 4.34. The first-order chi connectivity index (χ1) is 12.6. The van der Waals surface area contributed by atoms with E-state index in [-0.39, 0.29) is 11.9 Å². The van der Waals surface area contributed by atoms with Crippen LogP contribution in [0.1, 0.15) is 34.5 Å². The summed E-state index contributed by atoms with van der Waals surface area (Å²) in [5.74, 6) is -0.0322. The largest absolute Gasteiger partial charge is 0.432 e. The molecule has 0 radical (unpaired) electrons. The summed E-state index contributed by atoms with van der Waals surface area (Å²) in [7, 11) is 0. The van der Waals surface area contributed by atoms with Crippen LogP contribution in [-0.2, 0) is 6.42 Å². The van der Waals surface area contributed by atoms with E-state index in [0.29, 0.717) is 23.1 Å². The number of anilines is 2. The van der Waals surface area contributed by atoms with E-state index in [2.05, 4.69) is 15.3 Å². The highest BCUT2D eigenvalue weighted by molar-refractivity contribution is 6.30. The number of pyridine rings is 1. The fourth-order valence-corrected chi connectivity index (χ4v) is 3.29. The van der Waals surface area contributed by atoms with Crippen molar-refractivity contribution in [2.45, 2.75) is 19.4 Å². The lowest BCUT2D eigenvalue weighted by Crippen LogP contribution is -2.37. The van der Waals surface area contributed by atoms with Crippen LogP contribution < -0.4 is 10.2 Å². The van der Waals surface area contributed by atoms with Gasteiger partial charge in [0, 0.05) is 23.3 Å². The number of nitrogens with zero attached hydrogens (tertiary/aromatic N) is 3. The number of amides is 1. The SMILES string of the molecule is CC(Nc1ncco1)c1cncc(N2CCc3cc(Cl)ccc3C2=O)c1. The van der Waals surface area contributed by atoms with Crippen LogP contribution >= 0.6 is 11.6 Å². The smallest absolute Gasteiger partial charge is 0.294 e. The van der Waals surface area contributed by atoms with Crippen LogP contribution in [0.2, 0.25) is 5.02 Å². The van der Waals surface area contributed by atoms with Gasteiger partial charge in [0.25, 0.3) is 11.9 Å². The van der Waals surface area contributed by atoms with Crippen LogP contribution in [0.15, 0.2) is 53.5 Å². The zero-order valence-corrected chi connectivity index (χ0v) is 14.9. The van der Waals surface area contributed by atoms with E-state index < -0.39 is 0 Å². The molecule has 1 aromatic carbocycles. The number of fused-ring (bicyclic) bond motifs is 1. The molecule has 0 bridgehead atoms. The average Bonchev–Trinajstić information content (AvgIpc) is 3.15. The van der Waals surface area contributed by atoms with Crippen molar-refractivity contribution in [3.05, 3.63) is 70.8 Å². The molecule has 1 atom stereocenters. The Hall–Kier alpha value is -2.86. The van der Waals surface area contributed by atoms with E-state index in [1.54, 1.807) is 35.6 Å². The van der Waals surface area contributed by atoms with Crippen LogP contribution in [0.4, 0.5) is 11.7 Å². The number of hydrogen-bond acceptors (Lipinski definition) is 5. The second-order valence-corrected chi connectivity index (χ2v) is 6.62. The van der Waals surface area contributed by atoms with Gasteiger partial charge < -0.3 is 14.6 Å². The second-order valence-electron chi connectivity index (χ2n) is 6.19. The van der Waals surface area contributed by atoms with Crippen molar-refractivity contribution in [3.63, 3.8) is 0 Å². The van der Waals surface area contributed by atoms with Gasteiger partial charge in [0.2, 0.25) is 0 Å². The number of halogens is 1. The summed E-state index contributed by atoms with van der Waals surface area (Å²) in [6, 6.07) is 7.75. The van der Waals surface area contributed by atoms with Gasteiger partial charge in [-0.2, -0.15) is 0 Å². The molecule has 1 N–H and O–H groups in total. The summed E-state index contributed by atoms with van der Waals surface area (Å²) in [6.45, 7) is 2.58. The van der Waals surface area contributed by atoms with Crippen molar-refractivity contribution >= 4 is 29.2 Å². The molecule has 3 heterocycles. The number of carbonyl (C=O) groups excluding carboxylic acids is 1. The number of rotatable bonds is 4. The first-order valence-corrected chi connectivity index (χ1v) is 8.71. The molecule has 7 heteroatoms. The molecule has 0 spiro atoms. The summed E-state index contributed by atoms with van der Waals surface area (Å²) in [5, 5.41) is 3.82. The van der Waals surface area contributed by atoms with Crippen LogP contribution in [0.5, 0.6) is 0 Å². The van der Waals surface area contributed by atoms with Gasteiger partial charge in [0.1, 0.15) is 6.26 Å². The predicted octanol–water partition coefficient (Wildman–Crippen LogP) is 4.10. The lowest BCUT2D eigenvalue weighted by Gasteiger charge is -2.29. The van der Waals surface area contributed by atoms with Crippen molar-refractivity contribution in [1.29, 1.82) is 0 Å². The van der Waals surface area contributed by atoms with Crippen molar-refractivity contribution in [3.8, 4) is 0 Å². The monoisotopic (exact) mass is 368 g/mol. The Morgan fingerprint density at radius 2 is 2.19 bits per heavy atom. The van der Waals surface area contributed by atoms with Crippen molar-refractivity contribution in [2.75, 3.05) is 16.8 Å².